The van der Waals surface area contributed by atoms with Crippen LogP contribution in [0.3, 0.4) is 0 Å². The van der Waals surface area contributed by atoms with Gasteiger partial charge >= 0.3 is 0 Å². The lowest BCUT2D eigenvalue weighted by Crippen LogP contribution is -2.22. The van der Waals surface area contributed by atoms with Crippen LogP contribution in [-0.4, -0.2) is 47.4 Å². The van der Waals surface area contributed by atoms with Crippen molar-refractivity contribution in [3.8, 4) is 28.6 Å². The van der Waals surface area contributed by atoms with E-state index in [0.717, 1.165) is 33.8 Å². The van der Waals surface area contributed by atoms with Crippen molar-refractivity contribution in [1.82, 2.24) is 25.5 Å². The molecule has 0 fully saturated rings. The van der Waals surface area contributed by atoms with Gasteiger partial charge in [0.1, 0.15) is 5.75 Å². The zero-order valence-electron chi connectivity index (χ0n) is 23.6. The second-order valence-electron chi connectivity index (χ2n) is 9.07. The molecule has 1 heterocycles. The van der Waals surface area contributed by atoms with Gasteiger partial charge in [0.2, 0.25) is 0 Å². The zero-order valence-corrected chi connectivity index (χ0v) is 23.6. The normalized spacial score (nSPS) is 10.2. The maximum atomic E-state index is 11.9. The van der Waals surface area contributed by atoms with Crippen LogP contribution in [0, 0.1) is 6.92 Å². The van der Waals surface area contributed by atoms with Gasteiger partial charge in [0.15, 0.2) is 17.3 Å². The molecule has 1 N–H and O–H groups in total. The van der Waals surface area contributed by atoms with Crippen molar-refractivity contribution in [3.05, 3.63) is 119 Å². The summed E-state index contributed by atoms with van der Waals surface area (Å²) in [4.78, 5) is 11.9. The Kier molecular flexibility index (Phi) is 10.0. The number of carbonyl (C=O) groups is 1. The molecule has 9 nitrogen and oxygen atoms in total. The Labute approximate surface area is 239 Å². The van der Waals surface area contributed by atoms with E-state index in [0.29, 0.717) is 30.2 Å². The van der Waals surface area contributed by atoms with E-state index in [1.54, 1.807) is 38.1 Å². The van der Waals surface area contributed by atoms with Gasteiger partial charge in [-0.3, -0.25) is 4.79 Å². The number of ether oxygens (including phenoxy) is 3. The fourth-order valence-corrected chi connectivity index (χ4v) is 4.18. The minimum Gasteiger partial charge on any atom is -0.496 e. The van der Waals surface area contributed by atoms with Gasteiger partial charge in [0.05, 0.1) is 27.9 Å². The molecule has 0 spiro atoms. The third-order valence-electron chi connectivity index (χ3n) is 6.29. The molecule has 0 aliphatic carbocycles. The predicted octanol–water partition coefficient (Wildman–Crippen LogP) is 5.34. The lowest BCUT2D eigenvalue weighted by molar-refractivity contribution is 0.0951. The van der Waals surface area contributed by atoms with E-state index in [1.807, 2.05) is 91.9 Å². The highest BCUT2D eigenvalue weighted by Crippen LogP contribution is 2.28. The average Bonchev–Trinajstić information content (AvgIpc) is 3.49. The molecule has 0 radical (unpaired) electrons. The number of aryl methyl sites for hydroxylation is 1. The Morgan fingerprint density at radius 2 is 1.39 bits per heavy atom. The van der Waals surface area contributed by atoms with Crippen molar-refractivity contribution in [2.75, 3.05) is 21.3 Å². The van der Waals surface area contributed by atoms with Crippen LogP contribution in [-0.2, 0) is 13.1 Å². The number of nitrogens with zero attached hydrogens (tertiary/aromatic N) is 4. The lowest BCUT2D eigenvalue weighted by atomic mass is 10.1. The van der Waals surface area contributed by atoms with Gasteiger partial charge in [-0.2, -0.15) is 0 Å². The third-order valence-corrected chi connectivity index (χ3v) is 6.29. The van der Waals surface area contributed by atoms with E-state index >= 15 is 0 Å². The van der Waals surface area contributed by atoms with Gasteiger partial charge in [0.25, 0.3) is 5.91 Å². The molecule has 0 saturated carbocycles. The van der Waals surface area contributed by atoms with Crippen molar-refractivity contribution in [2.45, 2.75) is 20.0 Å². The molecular weight excluding hydrogens is 518 g/mol. The number of nitrogens with one attached hydrogen (secondary N) is 1. The first-order valence-electron chi connectivity index (χ1n) is 13.0. The minimum atomic E-state index is -0.0610. The summed E-state index contributed by atoms with van der Waals surface area (Å²) < 4.78 is 17.5. The fraction of sp³-hybridized carbons (Fsp3) is 0.188. The maximum absolute atomic E-state index is 11.9. The van der Waals surface area contributed by atoms with Crippen LogP contribution in [0.15, 0.2) is 97.1 Å². The summed E-state index contributed by atoms with van der Waals surface area (Å²) in [6, 6.07) is 30.7. The summed E-state index contributed by atoms with van der Waals surface area (Å²) in [6.45, 7) is 3.05. The quantitative estimate of drug-likeness (QED) is 0.264. The van der Waals surface area contributed by atoms with Crippen LogP contribution in [0.1, 0.15) is 27.0 Å². The topological polar surface area (TPSA) is 100 Å². The number of hydrogen-bond acceptors (Lipinski definition) is 7. The molecule has 0 unspecified atom stereocenters. The van der Waals surface area contributed by atoms with Gasteiger partial charge in [-0.15, -0.1) is 5.10 Å². The molecule has 0 saturated heterocycles. The Morgan fingerprint density at radius 3 is 2.05 bits per heavy atom. The van der Waals surface area contributed by atoms with Crippen molar-refractivity contribution < 1.29 is 19.0 Å². The summed E-state index contributed by atoms with van der Waals surface area (Å²) in [6.07, 6.45) is 0. The standard InChI is InChI=1S/C16H16N4O2.C16H17NO2/c1-21-14-9-8-12(10-15(14)22-2)11-20-16(17-18-19-20)13-6-4-3-5-7-13;1-12-10-13(8-9-15(12)19-2)11-17-16(18)14-6-4-3-5-7-14/h3-10H,11H2,1-2H3;3-10H,11H2,1-2H3,(H,17,18). The highest BCUT2D eigenvalue weighted by atomic mass is 16.5. The van der Waals surface area contributed by atoms with Gasteiger partial charge in [-0.25, -0.2) is 4.68 Å². The number of carbonyl (C=O) groups excluding carboxylic acids is 1. The van der Waals surface area contributed by atoms with Crippen molar-refractivity contribution in [2.24, 2.45) is 0 Å². The van der Waals surface area contributed by atoms with Crippen molar-refractivity contribution in [3.63, 3.8) is 0 Å². The molecule has 0 atom stereocenters. The molecule has 9 heteroatoms. The van der Waals surface area contributed by atoms with E-state index in [4.69, 9.17) is 14.2 Å². The first kappa shape index (κ1) is 28.8. The smallest absolute Gasteiger partial charge is 0.251 e. The SMILES string of the molecule is COc1ccc(CNC(=O)c2ccccc2)cc1C.COc1ccc(Cn2nnnc2-c2ccccc2)cc1OC. The number of benzene rings is 4. The first-order valence-corrected chi connectivity index (χ1v) is 13.0. The monoisotopic (exact) mass is 551 g/mol. The molecule has 0 aliphatic rings. The maximum Gasteiger partial charge on any atom is 0.251 e. The van der Waals surface area contributed by atoms with Crippen LogP contribution in [0.4, 0.5) is 0 Å². The molecular formula is C32H33N5O4. The second-order valence-corrected chi connectivity index (χ2v) is 9.07. The van der Waals surface area contributed by atoms with Gasteiger partial charge < -0.3 is 19.5 Å². The number of hydrogen-bond donors (Lipinski definition) is 1. The molecule has 41 heavy (non-hydrogen) atoms. The van der Waals surface area contributed by atoms with Gasteiger partial charge in [0, 0.05) is 17.7 Å². The molecule has 1 aromatic heterocycles. The van der Waals surface area contributed by atoms with Crippen LogP contribution >= 0.6 is 0 Å². The Morgan fingerprint density at radius 1 is 0.756 bits per heavy atom. The molecule has 0 aliphatic heterocycles. The third kappa shape index (κ3) is 7.69. The average molecular weight is 552 g/mol. The Balaban J connectivity index is 0.000000191. The van der Waals surface area contributed by atoms with E-state index in [-0.39, 0.29) is 5.91 Å². The number of amides is 1. The molecule has 5 aromatic rings. The van der Waals surface area contributed by atoms with E-state index in [9.17, 15) is 4.79 Å². The van der Waals surface area contributed by atoms with Crippen LogP contribution in [0.2, 0.25) is 0 Å². The fourth-order valence-electron chi connectivity index (χ4n) is 4.18. The van der Waals surface area contributed by atoms with Crippen LogP contribution < -0.4 is 19.5 Å². The van der Waals surface area contributed by atoms with E-state index < -0.39 is 0 Å². The summed E-state index contributed by atoms with van der Waals surface area (Å²) >= 11 is 0. The van der Waals surface area contributed by atoms with Crippen molar-refractivity contribution in [1.29, 1.82) is 0 Å². The highest BCUT2D eigenvalue weighted by Gasteiger charge is 2.11. The number of rotatable bonds is 9. The van der Waals surface area contributed by atoms with E-state index in [2.05, 4.69) is 20.8 Å². The summed E-state index contributed by atoms with van der Waals surface area (Å²) in [5.74, 6) is 2.92. The Hall–Kier alpha value is -5.18. The number of aromatic nitrogens is 4. The summed E-state index contributed by atoms with van der Waals surface area (Å²) in [5.41, 5.74) is 4.80. The number of tetrazole rings is 1. The van der Waals surface area contributed by atoms with E-state index in [1.165, 1.54) is 0 Å². The highest BCUT2D eigenvalue weighted by molar-refractivity contribution is 5.94. The second kappa shape index (κ2) is 14.3. The summed E-state index contributed by atoms with van der Waals surface area (Å²) in [7, 11) is 4.89. The number of methoxy groups -OCH3 is 3. The summed E-state index contributed by atoms with van der Waals surface area (Å²) in [5, 5.41) is 14.9. The molecule has 5 rings (SSSR count). The van der Waals surface area contributed by atoms with Crippen LogP contribution in [0.5, 0.6) is 17.2 Å². The molecule has 210 valence electrons. The molecule has 4 aromatic carbocycles. The minimum absolute atomic E-state index is 0.0610. The Bertz CT molecular complexity index is 1560. The molecule has 1 amide bonds. The first-order chi connectivity index (χ1) is 20.0. The van der Waals surface area contributed by atoms with Crippen molar-refractivity contribution >= 4 is 5.91 Å². The van der Waals surface area contributed by atoms with Crippen LogP contribution in [0.25, 0.3) is 11.4 Å². The predicted molar refractivity (Wildman–Crippen MR) is 157 cm³/mol. The largest absolute Gasteiger partial charge is 0.496 e. The zero-order chi connectivity index (χ0) is 29.0. The van der Waals surface area contributed by atoms with Gasteiger partial charge in [-0.1, -0.05) is 66.7 Å². The molecule has 0 bridgehead atoms. The lowest BCUT2D eigenvalue weighted by Gasteiger charge is -2.10. The van der Waals surface area contributed by atoms with Gasteiger partial charge in [-0.05, 0) is 64.4 Å².